The van der Waals surface area contributed by atoms with Gasteiger partial charge in [-0.25, -0.2) is 48.4 Å². The Hall–Kier alpha value is -15.5. The first-order valence-electron chi connectivity index (χ1n) is 36.6. The molecule has 17 rings (SSSR count). The van der Waals surface area contributed by atoms with Crippen LogP contribution in [0.3, 0.4) is 0 Å². The van der Waals surface area contributed by atoms with Gasteiger partial charge in [-0.1, -0.05) is 84.2 Å². The summed E-state index contributed by atoms with van der Waals surface area (Å²) in [5, 5.41) is 34.5. The zero-order chi connectivity index (χ0) is 81.2. The average molecular weight is 1550 g/mol. The second-order valence-corrected chi connectivity index (χ2v) is 28.2. The number of hydrogen-bond donors (Lipinski definition) is 3. The molecule has 3 N–H and O–H groups in total. The van der Waals surface area contributed by atoms with Crippen LogP contribution >= 0.6 is 11.3 Å². The van der Waals surface area contributed by atoms with Crippen molar-refractivity contribution in [2.75, 3.05) is 0 Å². The molecule has 12 heterocycles. The molecule has 0 aliphatic carbocycles. The van der Waals surface area contributed by atoms with E-state index in [0.29, 0.717) is 135 Å². The zero-order valence-corrected chi connectivity index (χ0v) is 65.3. The highest BCUT2D eigenvalue weighted by atomic mass is 32.1. The van der Waals surface area contributed by atoms with Crippen molar-refractivity contribution < 1.29 is 14.4 Å². The van der Waals surface area contributed by atoms with Crippen molar-refractivity contribution >= 4 is 78.7 Å². The molecule has 0 fully saturated rings. The molecular formula is C86H71N23O6S. The molecule has 572 valence electrons. The molecule has 5 aromatic carbocycles. The predicted molar refractivity (Wildman–Crippen MR) is 438 cm³/mol. The average Bonchev–Trinajstić information content (AvgIpc) is 0.881. The van der Waals surface area contributed by atoms with Gasteiger partial charge in [0.15, 0.2) is 16.9 Å². The number of aryl methyl sites for hydroxylation is 6. The highest BCUT2D eigenvalue weighted by Gasteiger charge is 2.29. The summed E-state index contributed by atoms with van der Waals surface area (Å²) in [7, 11) is 5.31. The van der Waals surface area contributed by atoms with Crippen molar-refractivity contribution in [2.24, 2.45) is 21.1 Å². The number of aromatic nitrogens is 20. The van der Waals surface area contributed by atoms with Crippen LogP contribution in [0.1, 0.15) is 149 Å². The van der Waals surface area contributed by atoms with Crippen molar-refractivity contribution in [3.8, 4) is 46.9 Å². The minimum absolute atomic E-state index is 0.240. The summed E-state index contributed by atoms with van der Waals surface area (Å²) in [6.07, 6.45) is 15.2. The maximum Gasteiger partial charge on any atom is 0.267 e. The fourth-order valence-corrected chi connectivity index (χ4v) is 14.0. The van der Waals surface area contributed by atoms with E-state index in [-0.39, 0.29) is 34.4 Å². The second kappa shape index (κ2) is 32.1. The Morgan fingerprint density at radius 3 is 1.24 bits per heavy atom. The Morgan fingerprint density at radius 2 is 0.836 bits per heavy atom. The molecule has 0 aliphatic rings. The molecule has 116 heavy (non-hydrogen) atoms. The lowest BCUT2D eigenvalue weighted by molar-refractivity contribution is 0.0930. The molecule has 0 saturated heterocycles. The van der Waals surface area contributed by atoms with E-state index in [0.717, 1.165) is 21.8 Å². The first kappa shape index (κ1) is 75.9. The molecule has 0 radical (unpaired) electrons. The Kier molecular flexibility index (Phi) is 21.0. The summed E-state index contributed by atoms with van der Waals surface area (Å²) in [4.78, 5) is 114. The van der Waals surface area contributed by atoms with Crippen LogP contribution in [0.15, 0.2) is 209 Å². The summed E-state index contributed by atoms with van der Waals surface area (Å²) < 4.78 is 12.6. The van der Waals surface area contributed by atoms with Gasteiger partial charge in [-0.15, -0.1) is 11.3 Å². The molecular weight excluding hydrogens is 1480 g/mol. The summed E-state index contributed by atoms with van der Waals surface area (Å²) in [5.74, 6) is 18.7. The number of amides is 3. The normalized spacial score (nSPS) is 11.8. The molecule has 0 aliphatic heterocycles. The van der Waals surface area contributed by atoms with Gasteiger partial charge in [-0.3, -0.25) is 51.8 Å². The van der Waals surface area contributed by atoms with Crippen molar-refractivity contribution in [1.29, 1.82) is 0 Å². The molecule has 0 saturated carbocycles. The zero-order valence-electron chi connectivity index (χ0n) is 64.5. The first-order chi connectivity index (χ1) is 56.1. The number of para-hydroxylation sites is 2. The van der Waals surface area contributed by atoms with E-state index in [9.17, 15) is 28.8 Å². The second-order valence-electron chi connectivity index (χ2n) is 27.1. The van der Waals surface area contributed by atoms with E-state index < -0.39 is 18.1 Å². The topological polar surface area (TPSA) is 331 Å². The Labute approximate surface area is 665 Å². The van der Waals surface area contributed by atoms with Gasteiger partial charge in [0.25, 0.3) is 34.4 Å². The summed E-state index contributed by atoms with van der Waals surface area (Å²) in [5.41, 5.74) is 10.9. The minimum Gasteiger partial charge on any atom is -0.342 e. The summed E-state index contributed by atoms with van der Waals surface area (Å²) in [6, 6.07) is 38.1. The van der Waals surface area contributed by atoms with Gasteiger partial charge in [0.1, 0.15) is 39.9 Å². The van der Waals surface area contributed by atoms with Crippen molar-refractivity contribution in [1.82, 2.24) is 113 Å². The Morgan fingerprint density at radius 1 is 0.431 bits per heavy atom. The van der Waals surface area contributed by atoms with Crippen LogP contribution in [0, 0.1) is 70.1 Å². The fourth-order valence-electron chi connectivity index (χ4n) is 13.5. The molecule has 0 bridgehead atoms. The van der Waals surface area contributed by atoms with Gasteiger partial charge < -0.3 is 16.0 Å². The molecule has 3 atom stereocenters. The fraction of sp³-hybridized carbons (Fsp3) is 0.163. The summed E-state index contributed by atoms with van der Waals surface area (Å²) in [6.45, 7) is 14.5. The van der Waals surface area contributed by atoms with Crippen molar-refractivity contribution in [2.45, 2.75) is 73.5 Å². The predicted octanol–water partition coefficient (Wildman–Crippen LogP) is 9.97. The number of benzene rings is 5. The van der Waals surface area contributed by atoms with Gasteiger partial charge >= 0.3 is 0 Å². The smallest absolute Gasteiger partial charge is 0.267 e. The highest BCUT2D eigenvalue weighted by Crippen LogP contribution is 2.27. The Balaban J connectivity index is 0.000000137. The number of thiazole rings is 1. The molecule has 0 spiro atoms. The molecule has 30 heteroatoms. The lowest BCUT2D eigenvalue weighted by Gasteiger charge is -2.20. The first-order valence-corrected chi connectivity index (χ1v) is 37.4. The van der Waals surface area contributed by atoms with Crippen molar-refractivity contribution in [3.63, 3.8) is 0 Å². The van der Waals surface area contributed by atoms with Crippen LogP contribution in [0.2, 0.25) is 0 Å². The van der Waals surface area contributed by atoms with Gasteiger partial charge in [-0.05, 0) is 140 Å². The molecule has 29 nitrogen and oxygen atoms in total. The SMILES string of the molecule is Cc1nc(C#Cc2cccc3nc([C@H](C)NC(=O)c4c(C)nn5cccnc45)n(-c4ccccc4)c(=O)c23)cs1.Cc1nn2cccnc2c1C(=O)N[C@@H](C)c1nc2cccc(C#Cc3cnn(C)c3)c2c(=O)n1C.Cc1nn2cccnc2c1C(=O)N[C@@H](C)c1nc2cccc(C#Cc3cnn(C)c3C)c2c(=O)n1-c1ccccc1. The maximum atomic E-state index is 14.2. The number of rotatable bonds is 11. The monoisotopic (exact) mass is 1550 g/mol. The Bertz CT molecular complexity index is 7190. The number of hydrogen-bond acceptors (Lipinski definition) is 19. The van der Waals surface area contributed by atoms with Crippen LogP contribution in [-0.2, 0) is 21.1 Å². The number of nitrogens with zero attached hydrogens (tertiary/aromatic N) is 20. The van der Waals surface area contributed by atoms with E-state index >= 15 is 0 Å². The quantitative estimate of drug-likeness (QED) is 0.101. The molecule has 3 amide bonds. The van der Waals surface area contributed by atoms with E-state index in [1.807, 2.05) is 118 Å². The molecule has 17 aromatic rings. The highest BCUT2D eigenvalue weighted by molar-refractivity contribution is 7.09. The van der Waals surface area contributed by atoms with E-state index in [1.54, 1.807) is 176 Å². The van der Waals surface area contributed by atoms with Crippen molar-refractivity contribution in [3.05, 3.63) is 321 Å². The van der Waals surface area contributed by atoms with Crippen LogP contribution in [0.5, 0.6) is 0 Å². The molecule has 12 aromatic heterocycles. The van der Waals surface area contributed by atoms with E-state index in [1.165, 1.54) is 25.0 Å². The van der Waals surface area contributed by atoms with Crippen LogP contribution in [0.25, 0.3) is 61.0 Å². The van der Waals surface area contributed by atoms with Crippen LogP contribution in [0.4, 0.5) is 0 Å². The third-order valence-corrected chi connectivity index (χ3v) is 19.9. The summed E-state index contributed by atoms with van der Waals surface area (Å²) >= 11 is 1.52. The lowest BCUT2D eigenvalue weighted by atomic mass is 10.1. The van der Waals surface area contributed by atoms with Gasteiger partial charge in [0.05, 0.1) is 114 Å². The number of nitrogens with one attached hydrogen (secondary N) is 3. The number of carbonyl (C=O) groups excluding carboxylic acids is 3. The van der Waals surface area contributed by atoms with E-state index in [4.69, 9.17) is 15.0 Å². The standard InChI is InChI=1S/C31H26N8O2.C30H23N7O2S.C25H22N8O2/c1-19-26(29-32-16-9-17-38(29)36-19)30(40)34-20(2)28-35-25-13-8-10-22(14-15-23-18-33-37(4)21(23)3)27(25)31(41)39(28)24-11-6-5-7-12-24;1-18-25(28-31-15-8-16-36(28)35-18)29(38)32-19(2)27-34-24-12-7-9-21(13-14-22-17-40-20(3)33-22)26(24)30(39)37(27)23-10-5-4-6-11-23;1-15-20(23-26-11-6-12-33(23)30-15)24(34)28-16(2)22-29-19-8-5-7-18(21(19)25(35)32(22)4)10-9-17-13-27-31(3)14-17/h5-13,16-18,20H,1-4H3,(H,34,40);4-12,15-17,19H,1-3H3,(H,32,38);5-8,11-14,16H,1-4H3,(H,28,34)/t20-;19-;16-/m000/s1. The van der Waals surface area contributed by atoms with E-state index in [2.05, 4.69) is 96.9 Å². The molecule has 0 unspecified atom stereocenters. The third kappa shape index (κ3) is 15.0. The van der Waals surface area contributed by atoms with Crippen LogP contribution < -0.4 is 32.6 Å². The number of fused-ring (bicyclic) bond motifs is 6. The third-order valence-electron chi connectivity index (χ3n) is 19.2. The lowest BCUT2D eigenvalue weighted by Crippen LogP contribution is -2.33. The van der Waals surface area contributed by atoms with Crippen LogP contribution in [-0.4, -0.2) is 115 Å². The minimum atomic E-state index is -0.634. The van der Waals surface area contributed by atoms with Gasteiger partial charge in [-0.2, -0.15) is 25.5 Å². The van der Waals surface area contributed by atoms with Gasteiger partial charge in [0, 0.05) is 86.6 Å². The largest absolute Gasteiger partial charge is 0.342 e. The van der Waals surface area contributed by atoms with Gasteiger partial charge in [0.2, 0.25) is 0 Å². The number of carbonyl (C=O) groups is 3. The maximum absolute atomic E-state index is 14.2.